The molecule has 1 heterocycles. The van der Waals surface area contributed by atoms with E-state index in [1.165, 1.54) is 12.1 Å². The molecule has 1 aromatic rings. The van der Waals surface area contributed by atoms with Gasteiger partial charge in [0.15, 0.2) is 0 Å². The summed E-state index contributed by atoms with van der Waals surface area (Å²) < 4.78 is 0. The van der Waals surface area contributed by atoms with Gasteiger partial charge in [-0.3, -0.25) is 20.2 Å². The van der Waals surface area contributed by atoms with Crippen LogP contribution in [0.5, 0.6) is 0 Å². The standard InChI is InChI=1S/C14H17N3O3/c1-16-12(10-4-6-11(7-5-10)17(19)20)15-14(13(16)18)8-2-3-9-14/h4-7,12,15H,2-3,8-9H2,1H3. The summed E-state index contributed by atoms with van der Waals surface area (Å²) in [6.45, 7) is 0. The number of amides is 1. The van der Waals surface area contributed by atoms with Crippen LogP contribution < -0.4 is 5.32 Å². The maximum atomic E-state index is 12.4. The smallest absolute Gasteiger partial charge is 0.269 e. The molecule has 0 bridgehead atoms. The number of hydrogen-bond acceptors (Lipinski definition) is 4. The van der Waals surface area contributed by atoms with Gasteiger partial charge < -0.3 is 4.90 Å². The predicted octanol–water partition coefficient (Wildman–Crippen LogP) is 1.97. The lowest BCUT2D eigenvalue weighted by atomic mass is 9.98. The zero-order valence-corrected chi connectivity index (χ0v) is 11.3. The molecule has 1 N–H and O–H groups in total. The summed E-state index contributed by atoms with van der Waals surface area (Å²) >= 11 is 0. The van der Waals surface area contributed by atoms with Gasteiger partial charge >= 0.3 is 0 Å². The highest BCUT2D eigenvalue weighted by molar-refractivity contribution is 5.89. The van der Waals surface area contributed by atoms with E-state index >= 15 is 0 Å². The molecule has 1 unspecified atom stereocenters. The Morgan fingerprint density at radius 2 is 1.90 bits per heavy atom. The first-order valence-corrected chi connectivity index (χ1v) is 6.83. The highest BCUT2D eigenvalue weighted by atomic mass is 16.6. The van der Waals surface area contributed by atoms with E-state index in [1.807, 2.05) is 0 Å². The molecule has 1 aliphatic heterocycles. The number of likely N-dealkylation sites (N-methyl/N-ethyl adjacent to an activating group) is 1. The number of nitro groups is 1. The van der Waals surface area contributed by atoms with Crippen molar-refractivity contribution in [3.05, 3.63) is 39.9 Å². The monoisotopic (exact) mass is 275 g/mol. The van der Waals surface area contributed by atoms with Crippen molar-refractivity contribution in [2.45, 2.75) is 37.4 Å². The summed E-state index contributed by atoms with van der Waals surface area (Å²) in [5.74, 6) is 0.137. The van der Waals surface area contributed by atoms with Crippen LogP contribution >= 0.6 is 0 Å². The lowest BCUT2D eigenvalue weighted by molar-refractivity contribution is -0.384. The van der Waals surface area contributed by atoms with Crippen LogP contribution in [-0.4, -0.2) is 28.3 Å². The summed E-state index contributed by atoms with van der Waals surface area (Å²) in [7, 11) is 1.79. The van der Waals surface area contributed by atoms with Gasteiger partial charge in [-0.2, -0.15) is 0 Å². The molecule has 6 heteroatoms. The molecule has 1 spiro atoms. The number of nitrogens with one attached hydrogen (secondary N) is 1. The Bertz CT molecular complexity index is 549. The molecule has 2 fully saturated rings. The number of non-ortho nitro benzene ring substituents is 1. The van der Waals surface area contributed by atoms with Gasteiger partial charge in [0.2, 0.25) is 5.91 Å². The zero-order chi connectivity index (χ0) is 14.3. The molecule has 1 aliphatic carbocycles. The van der Waals surface area contributed by atoms with Crippen molar-refractivity contribution in [3.63, 3.8) is 0 Å². The van der Waals surface area contributed by atoms with Crippen molar-refractivity contribution < 1.29 is 9.72 Å². The Hall–Kier alpha value is -1.95. The van der Waals surface area contributed by atoms with Crippen LogP contribution in [0.1, 0.15) is 37.4 Å². The maximum absolute atomic E-state index is 12.4. The molecule has 1 saturated heterocycles. The van der Waals surface area contributed by atoms with E-state index in [0.29, 0.717) is 0 Å². The molecule has 1 amide bonds. The van der Waals surface area contributed by atoms with Crippen molar-refractivity contribution in [2.24, 2.45) is 0 Å². The number of nitro benzene ring substituents is 1. The minimum Gasteiger partial charge on any atom is -0.324 e. The van der Waals surface area contributed by atoms with Crippen LogP contribution in [0.15, 0.2) is 24.3 Å². The van der Waals surface area contributed by atoms with Crippen LogP contribution in [0.25, 0.3) is 0 Å². The van der Waals surface area contributed by atoms with Gasteiger partial charge in [-0.05, 0) is 30.5 Å². The van der Waals surface area contributed by atoms with E-state index in [-0.39, 0.29) is 17.8 Å². The fourth-order valence-corrected chi connectivity index (χ4v) is 3.30. The van der Waals surface area contributed by atoms with Crippen LogP contribution in [0.4, 0.5) is 5.69 Å². The second-order valence-electron chi connectivity index (χ2n) is 5.60. The Labute approximate surface area is 116 Å². The van der Waals surface area contributed by atoms with Crippen LogP contribution in [0.2, 0.25) is 0 Å². The molecule has 20 heavy (non-hydrogen) atoms. The molecule has 1 atom stereocenters. The van der Waals surface area contributed by atoms with Gasteiger partial charge in [-0.1, -0.05) is 12.8 Å². The summed E-state index contributed by atoms with van der Waals surface area (Å²) in [5.41, 5.74) is 0.535. The minimum absolute atomic E-state index is 0.0660. The highest BCUT2D eigenvalue weighted by Crippen LogP contribution is 2.40. The molecule has 6 nitrogen and oxygen atoms in total. The molecule has 3 rings (SSSR count). The van der Waals surface area contributed by atoms with Crippen molar-refractivity contribution in [1.29, 1.82) is 0 Å². The topological polar surface area (TPSA) is 75.5 Å². The molecular weight excluding hydrogens is 258 g/mol. The van der Waals surface area contributed by atoms with E-state index in [2.05, 4.69) is 5.32 Å². The Morgan fingerprint density at radius 3 is 2.45 bits per heavy atom. The van der Waals surface area contributed by atoms with E-state index in [9.17, 15) is 14.9 Å². The van der Waals surface area contributed by atoms with Crippen molar-refractivity contribution in [2.75, 3.05) is 7.05 Å². The van der Waals surface area contributed by atoms with E-state index in [4.69, 9.17) is 0 Å². The summed E-state index contributed by atoms with van der Waals surface area (Å²) in [5, 5.41) is 14.1. The first kappa shape index (κ1) is 13.1. The number of nitrogens with zero attached hydrogens (tertiary/aromatic N) is 2. The predicted molar refractivity (Wildman–Crippen MR) is 72.9 cm³/mol. The average molecular weight is 275 g/mol. The molecule has 1 aromatic carbocycles. The molecule has 2 aliphatic rings. The van der Waals surface area contributed by atoms with Gasteiger partial charge in [0.05, 0.1) is 10.5 Å². The van der Waals surface area contributed by atoms with Gasteiger partial charge in [0.25, 0.3) is 5.69 Å². The Balaban J connectivity index is 1.87. The summed E-state index contributed by atoms with van der Waals surface area (Å²) in [6, 6.07) is 6.39. The van der Waals surface area contributed by atoms with Gasteiger partial charge in [0.1, 0.15) is 6.17 Å². The van der Waals surface area contributed by atoms with Gasteiger partial charge in [-0.15, -0.1) is 0 Å². The van der Waals surface area contributed by atoms with E-state index in [0.717, 1.165) is 31.2 Å². The zero-order valence-electron chi connectivity index (χ0n) is 11.3. The molecule has 1 saturated carbocycles. The maximum Gasteiger partial charge on any atom is 0.269 e. The first-order chi connectivity index (χ1) is 9.53. The van der Waals surface area contributed by atoms with Gasteiger partial charge in [-0.25, -0.2) is 0 Å². The first-order valence-electron chi connectivity index (χ1n) is 6.83. The number of benzene rings is 1. The average Bonchev–Trinajstić information content (AvgIpc) is 3.01. The van der Waals surface area contributed by atoms with Crippen molar-refractivity contribution in [3.8, 4) is 0 Å². The molecule has 0 radical (unpaired) electrons. The second-order valence-corrected chi connectivity index (χ2v) is 5.60. The molecular formula is C14H17N3O3. The fraction of sp³-hybridized carbons (Fsp3) is 0.500. The third-order valence-electron chi connectivity index (χ3n) is 4.41. The van der Waals surface area contributed by atoms with Crippen LogP contribution in [0, 0.1) is 10.1 Å². The fourth-order valence-electron chi connectivity index (χ4n) is 3.30. The number of rotatable bonds is 2. The Morgan fingerprint density at radius 1 is 1.30 bits per heavy atom. The summed E-state index contributed by atoms with van der Waals surface area (Å²) in [6.07, 6.45) is 3.69. The number of hydrogen-bond donors (Lipinski definition) is 1. The third kappa shape index (κ3) is 1.87. The van der Waals surface area contributed by atoms with Crippen molar-refractivity contribution in [1.82, 2.24) is 10.2 Å². The SMILES string of the molecule is CN1C(=O)C2(CCCC2)NC1c1ccc([N+](=O)[O-])cc1. The normalized spacial score (nSPS) is 24.6. The largest absolute Gasteiger partial charge is 0.324 e. The number of carbonyl (C=O) groups is 1. The second kappa shape index (κ2) is 4.56. The van der Waals surface area contributed by atoms with E-state index in [1.54, 1.807) is 24.1 Å². The van der Waals surface area contributed by atoms with Crippen molar-refractivity contribution >= 4 is 11.6 Å². The minimum atomic E-state index is -0.417. The van der Waals surface area contributed by atoms with E-state index < -0.39 is 10.5 Å². The number of carbonyl (C=O) groups excluding carboxylic acids is 1. The third-order valence-corrected chi connectivity index (χ3v) is 4.41. The lowest BCUT2D eigenvalue weighted by Crippen LogP contribution is -2.43. The van der Waals surface area contributed by atoms with Crippen LogP contribution in [-0.2, 0) is 4.79 Å². The van der Waals surface area contributed by atoms with Crippen LogP contribution in [0.3, 0.4) is 0 Å². The van der Waals surface area contributed by atoms with Gasteiger partial charge in [0, 0.05) is 19.2 Å². The highest BCUT2D eigenvalue weighted by Gasteiger charge is 2.51. The quantitative estimate of drug-likeness (QED) is 0.661. The Kier molecular flexibility index (Phi) is 2.97. The molecule has 0 aromatic heterocycles. The molecule has 106 valence electrons. The summed E-state index contributed by atoms with van der Waals surface area (Å²) in [4.78, 5) is 24.4. The lowest BCUT2D eigenvalue weighted by Gasteiger charge is -2.20.